The van der Waals surface area contributed by atoms with Gasteiger partial charge in [0.25, 0.3) is 11.1 Å². The van der Waals surface area contributed by atoms with Gasteiger partial charge < -0.3 is 4.42 Å². The van der Waals surface area contributed by atoms with E-state index < -0.39 is 5.91 Å². The van der Waals surface area contributed by atoms with Crippen LogP contribution in [0.2, 0.25) is 0 Å². The maximum absolute atomic E-state index is 11.9. The van der Waals surface area contributed by atoms with Gasteiger partial charge in [-0.15, -0.1) is 6.42 Å². The Balaban J connectivity index is 2.28. The summed E-state index contributed by atoms with van der Waals surface area (Å²) in [6.07, 6.45) is 6.61. The van der Waals surface area contributed by atoms with Crippen molar-refractivity contribution in [2.45, 2.75) is 0 Å². The quantitative estimate of drug-likeness (QED) is 0.573. The van der Waals surface area contributed by atoms with E-state index in [1.54, 1.807) is 6.07 Å². The smallest absolute Gasteiger partial charge is 0.294 e. The molecule has 18 heavy (non-hydrogen) atoms. The second-order valence-corrected chi connectivity index (χ2v) is 5.81. The Morgan fingerprint density at radius 2 is 2.22 bits per heavy atom. The fourth-order valence-electron chi connectivity index (χ4n) is 1.29. The van der Waals surface area contributed by atoms with E-state index in [-0.39, 0.29) is 11.8 Å². The lowest BCUT2D eigenvalue weighted by Gasteiger charge is -2.06. The first-order chi connectivity index (χ1) is 8.52. The average Bonchev–Trinajstić information content (AvgIpc) is 2.75. The zero-order valence-corrected chi connectivity index (χ0v) is 12.8. The molecule has 7 heteroatoms. The molecule has 0 radical (unpaired) electrons. The van der Waals surface area contributed by atoms with Gasteiger partial charge in [0.2, 0.25) is 0 Å². The summed E-state index contributed by atoms with van der Waals surface area (Å²) in [6, 6.07) is 1.69. The Labute approximate surface area is 124 Å². The zero-order valence-electron chi connectivity index (χ0n) is 8.78. The van der Waals surface area contributed by atoms with Crippen molar-refractivity contribution in [2.75, 3.05) is 6.54 Å². The molecule has 4 nitrogen and oxygen atoms in total. The van der Waals surface area contributed by atoms with Crippen molar-refractivity contribution < 1.29 is 14.0 Å². The number of furan rings is 1. The van der Waals surface area contributed by atoms with Crippen molar-refractivity contribution in [3.63, 3.8) is 0 Å². The number of carbonyl (C=O) groups is 2. The zero-order chi connectivity index (χ0) is 13.3. The Kier molecular flexibility index (Phi) is 4.00. The van der Waals surface area contributed by atoms with Crippen molar-refractivity contribution in [1.82, 2.24) is 4.90 Å². The minimum atomic E-state index is -0.397. The summed E-state index contributed by atoms with van der Waals surface area (Å²) in [4.78, 5) is 24.7. The van der Waals surface area contributed by atoms with Crippen LogP contribution in [-0.4, -0.2) is 22.6 Å². The van der Waals surface area contributed by atoms with Crippen LogP contribution in [0.1, 0.15) is 5.76 Å². The molecule has 0 N–H and O–H groups in total. The second-order valence-electron chi connectivity index (χ2n) is 3.24. The van der Waals surface area contributed by atoms with E-state index in [1.165, 1.54) is 6.08 Å². The topological polar surface area (TPSA) is 50.5 Å². The highest BCUT2D eigenvalue weighted by molar-refractivity contribution is 9.13. The number of terminal acetylenes is 1. The van der Waals surface area contributed by atoms with Gasteiger partial charge in [0.1, 0.15) is 5.76 Å². The first-order valence-electron chi connectivity index (χ1n) is 4.66. The molecule has 0 unspecified atom stereocenters. The number of carbonyl (C=O) groups excluding carboxylic acids is 2. The molecule has 1 aromatic rings. The van der Waals surface area contributed by atoms with E-state index in [4.69, 9.17) is 10.8 Å². The van der Waals surface area contributed by atoms with Crippen LogP contribution in [0.15, 0.2) is 24.5 Å². The van der Waals surface area contributed by atoms with Gasteiger partial charge in [-0.05, 0) is 49.7 Å². The Morgan fingerprint density at radius 3 is 2.78 bits per heavy atom. The number of thioether (sulfide) groups is 1. The van der Waals surface area contributed by atoms with Crippen LogP contribution in [-0.2, 0) is 4.79 Å². The standard InChI is InChI=1S/C11H5Br2NO3S/c1-2-3-14-10(15)8(18-11(14)16)5-6-4-7(12)9(13)17-6/h1,4-5H,3H2/b8-5+. The lowest BCUT2D eigenvalue weighted by molar-refractivity contribution is -0.122. The van der Waals surface area contributed by atoms with E-state index in [0.717, 1.165) is 21.1 Å². The van der Waals surface area contributed by atoms with E-state index in [2.05, 4.69) is 37.8 Å². The maximum atomic E-state index is 11.9. The highest BCUT2D eigenvalue weighted by Crippen LogP contribution is 2.34. The number of hydrogen-bond acceptors (Lipinski definition) is 4. The molecule has 0 atom stereocenters. The Hall–Kier alpha value is -0.970. The lowest BCUT2D eigenvalue weighted by atomic mass is 10.3. The van der Waals surface area contributed by atoms with Gasteiger partial charge >= 0.3 is 0 Å². The molecule has 2 amide bonds. The van der Waals surface area contributed by atoms with Gasteiger partial charge in [-0.1, -0.05) is 5.92 Å². The molecule has 0 spiro atoms. The van der Waals surface area contributed by atoms with Crippen molar-refractivity contribution in [3.8, 4) is 12.3 Å². The van der Waals surface area contributed by atoms with Crippen LogP contribution < -0.4 is 0 Å². The third-order valence-electron chi connectivity index (χ3n) is 2.06. The summed E-state index contributed by atoms with van der Waals surface area (Å²) in [5.41, 5.74) is 0. The van der Waals surface area contributed by atoms with Crippen molar-refractivity contribution in [2.24, 2.45) is 0 Å². The molecular weight excluding hydrogens is 386 g/mol. The normalized spacial score (nSPS) is 17.6. The van der Waals surface area contributed by atoms with E-state index in [9.17, 15) is 9.59 Å². The maximum Gasteiger partial charge on any atom is 0.294 e. The molecule has 2 rings (SSSR count). The number of nitrogens with zero attached hydrogens (tertiary/aromatic N) is 1. The van der Waals surface area contributed by atoms with E-state index in [0.29, 0.717) is 15.3 Å². The third kappa shape index (κ3) is 2.55. The number of halogens is 2. The molecule has 1 aromatic heterocycles. The molecular formula is C11H5Br2NO3S. The fourth-order valence-corrected chi connectivity index (χ4v) is 2.72. The lowest BCUT2D eigenvalue weighted by Crippen LogP contribution is -2.28. The Bertz CT molecular complexity index is 580. The third-order valence-corrected chi connectivity index (χ3v) is 4.68. The fraction of sp³-hybridized carbons (Fsp3) is 0.0909. The molecule has 0 aromatic carbocycles. The first-order valence-corrected chi connectivity index (χ1v) is 7.07. The summed E-state index contributed by atoms with van der Waals surface area (Å²) in [6.45, 7) is -0.0203. The van der Waals surface area contributed by atoms with Crippen molar-refractivity contribution in [1.29, 1.82) is 0 Å². The highest BCUT2D eigenvalue weighted by atomic mass is 79.9. The average molecular weight is 391 g/mol. The van der Waals surface area contributed by atoms with Crippen LogP contribution in [0, 0.1) is 12.3 Å². The van der Waals surface area contributed by atoms with Gasteiger partial charge in [-0.25, -0.2) is 0 Å². The first kappa shape index (κ1) is 13.5. The van der Waals surface area contributed by atoms with Crippen molar-refractivity contribution >= 4 is 60.8 Å². The largest absolute Gasteiger partial charge is 0.449 e. The monoisotopic (exact) mass is 389 g/mol. The summed E-state index contributed by atoms with van der Waals surface area (Å²) in [7, 11) is 0. The van der Waals surface area contributed by atoms with Gasteiger partial charge in [-0.3, -0.25) is 14.5 Å². The predicted octanol–water partition coefficient (Wildman–Crippen LogP) is 3.47. The molecule has 0 saturated carbocycles. The van der Waals surface area contributed by atoms with Crippen LogP contribution in [0.5, 0.6) is 0 Å². The predicted molar refractivity (Wildman–Crippen MR) is 75.6 cm³/mol. The number of rotatable bonds is 2. The molecule has 1 aliphatic heterocycles. The number of amides is 2. The summed E-state index contributed by atoms with van der Waals surface area (Å²) in [5.74, 6) is 2.35. The Morgan fingerprint density at radius 1 is 1.50 bits per heavy atom. The van der Waals surface area contributed by atoms with E-state index in [1.807, 2.05) is 0 Å². The molecule has 0 aliphatic carbocycles. The summed E-state index contributed by atoms with van der Waals surface area (Å²) >= 11 is 7.30. The molecule has 1 aliphatic rings. The van der Waals surface area contributed by atoms with Gasteiger partial charge in [0, 0.05) is 6.08 Å². The number of hydrogen-bond donors (Lipinski definition) is 0. The molecule has 92 valence electrons. The molecule has 1 fully saturated rings. The minimum absolute atomic E-state index is 0.0203. The van der Waals surface area contributed by atoms with Gasteiger partial charge in [0.15, 0.2) is 4.67 Å². The van der Waals surface area contributed by atoms with Gasteiger partial charge in [0.05, 0.1) is 15.9 Å². The molecule has 1 saturated heterocycles. The van der Waals surface area contributed by atoms with Crippen molar-refractivity contribution in [3.05, 3.63) is 25.9 Å². The molecule has 2 heterocycles. The SMILES string of the molecule is C#CCN1C(=O)S/C(=C/c2cc(Br)c(Br)o2)C1=O. The summed E-state index contributed by atoms with van der Waals surface area (Å²) < 4.78 is 6.57. The minimum Gasteiger partial charge on any atom is -0.449 e. The second kappa shape index (κ2) is 5.34. The molecule has 0 bridgehead atoms. The van der Waals surface area contributed by atoms with Crippen LogP contribution >= 0.6 is 43.6 Å². The van der Waals surface area contributed by atoms with Crippen LogP contribution in [0.25, 0.3) is 6.08 Å². The van der Waals surface area contributed by atoms with E-state index >= 15 is 0 Å². The van der Waals surface area contributed by atoms with Crippen LogP contribution in [0.3, 0.4) is 0 Å². The van der Waals surface area contributed by atoms with Gasteiger partial charge in [-0.2, -0.15) is 0 Å². The van der Waals surface area contributed by atoms with Crippen LogP contribution in [0.4, 0.5) is 4.79 Å². The highest BCUT2D eigenvalue weighted by Gasteiger charge is 2.34. The number of imide groups is 1. The summed E-state index contributed by atoms with van der Waals surface area (Å²) in [5, 5.41) is -0.367.